The first-order valence-electron chi connectivity index (χ1n) is 5.13. The molecule has 0 spiro atoms. The van der Waals surface area contributed by atoms with Crippen molar-refractivity contribution in [3.63, 3.8) is 0 Å². The Labute approximate surface area is 86.0 Å². The first-order valence-corrected chi connectivity index (χ1v) is 5.13. The highest BCUT2D eigenvalue weighted by atomic mass is 16.5. The van der Waals surface area contributed by atoms with Gasteiger partial charge in [0.2, 0.25) is 0 Å². The van der Waals surface area contributed by atoms with Gasteiger partial charge in [-0.3, -0.25) is 4.79 Å². The maximum Gasteiger partial charge on any atom is 0.155 e. The van der Waals surface area contributed by atoms with Crippen molar-refractivity contribution in [1.29, 1.82) is 0 Å². The van der Waals surface area contributed by atoms with E-state index < -0.39 is 0 Å². The van der Waals surface area contributed by atoms with Gasteiger partial charge in [0.05, 0.1) is 19.8 Å². The zero-order chi connectivity index (χ0) is 10.6. The van der Waals surface area contributed by atoms with E-state index in [0.717, 1.165) is 19.5 Å². The molecule has 0 atom stereocenters. The van der Waals surface area contributed by atoms with Crippen molar-refractivity contribution in [2.75, 3.05) is 39.5 Å². The second-order valence-electron chi connectivity index (χ2n) is 3.12. The normalized spacial score (nSPS) is 10.4. The Kier molecular flexibility index (Phi) is 10.3. The SMILES string of the molecule is CCCNCCOCCOCC(C)=O. The summed E-state index contributed by atoms with van der Waals surface area (Å²) in [5, 5.41) is 3.22. The fourth-order valence-electron chi connectivity index (χ4n) is 0.882. The van der Waals surface area contributed by atoms with Gasteiger partial charge in [-0.15, -0.1) is 0 Å². The molecule has 0 aliphatic carbocycles. The highest BCUT2D eigenvalue weighted by Gasteiger charge is 1.93. The third-order valence-corrected chi connectivity index (χ3v) is 1.53. The average Bonchev–Trinajstić information content (AvgIpc) is 2.15. The molecule has 0 unspecified atom stereocenters. The van der Waals surface area contributed by atoms with Gasteiger partial charge in [-0.2, -0.15) is 0 Å². The van der Waals surface area contributed by atoms with Crippen molar-refractivity contribution in [3.05, 3.63) is 0 Å². The second-order valence-corrected chi connectivity index (χ2v) is 3.12. The van der Waals surface area contributed by atoms with Crippen molar-refractivity contribution < 1.29 is 14.3 Å². The van der Waals surface area contributed by atoms with Gasteiger partial charge in [-0.25, -0.2) is 0 Å². The fraction of sp³-hybridized carbons (Fsp3) is 0.900. The Morgan fingerprint density at radius 1 is 1.14 bits per heavy atom. The summed E-state index contributed by atoms with van der Waals surface area (Å²) in [6.07, 6.45) is 1.14. The van der Waals surface area contributed by atoms with Crippen LogP contribution in [0.5, 0.6) is 0 Å². The zero-order valence-electron chi connectivity index (χ0n) is 9.17. The maximum absolute atomic E-state index is 10.5. The summed E-state index contributed by atoms with van der Waals surface area (Å²) in [6.45, 7) is 7.49. The molecule has 4 nitrogen and oxygen atoms in total. The van der Waals surface area contributed by atoms with E-state index in [9.17, 15) is 4.79 Å². The van der Waals surface area contributed by atoms with E-state index in [1.165, 1.54) is 6.92 Å². The molecule has 0 aliphatic rings. The molecule has 0 bridgehead atoms. The minimum absolute atomic E-state index is 0.0506. The average molecular weight is 203 g/mol. The van der Waals surface area contributed by atoms with E-state index in [4.69, 9.17) is 9.47 Å². The molecular weight excluding hydrogens is 182 g/mol. The van der Waals surface area contributed by atoms with Gasteiger partial charge in [0, 0.05) is 6.54 Å². The Morgan fingerprint density at radius 2 is 1.86 bits per heavy atom. The number of nitrogens with one attached hydrogen (secondary N) is 1. The first kappa shape index (κ1) is 13.5. The summed E-state index contributed by atoms with van der Waals surface area (Å²) < 4.78 is 10.3. The Balaban J connectivity index is 2.88. The molecular formula is C10H21NO3. The lowest BCUT2D eigenvalue weighted by molar-refractivity contribution is -0.121. The highest BCUT2D eigenvalue weighted by Crippen LogP contribution is 1.79. The maximum atomic E-state index is 10.5. The van der Waals surface area contributed by atoms with Gasteiger partial charge < -0.3 is 14.8 Å². The van der Waals surface area contributed by atoms with Gasteiger partial charge >= 0.3 is 0 Å². The smallest absolute Gasteiger partial charge is 0.155 e. The lowest BCUT2D eigenvalue weighted by Gasteiger charge is -2.05. The molecule has 0 aromatic heterocycles. The number of carbonyl (C=O) groups is 1. The number of rotatable bonds is 10. The summed E-state index contributed by atoms with van der Waals surface area (Å²) in [5.41, 5.74) is 0. The van der Waals surface area contributed by atoms with E-state index in [-0.39, 0.29) is 12.4 Å². The van der Waals surface area contributed by atoms with Crippen LogP contribution < -0.4 is 5.32 Å². The Bertz CT molecular complexity index is 139. The van der Waals surface area contributed by atoms with E-state index in [2.05, 4.69) is 12.2 Å². The molecule has 14 heavy (non-hydrogen) atoms. The van der Waals surface area contributed by atoms with Crippen LogP contribution in [0, 0.1) is 0 Å². The van der Waals surface area contributed by atoms with Crippen molar-refractivity contribution in [3.8, 4) is 0 Å². The van der Waals surface area contributed by atoms with Gasteiger partial charge in [0.25, 0.3) is 0 Å². The van der Waals surface area contributed by atoms with Crippen LogP contribution in [0.2, 0.25) is 0 Å². The van der Waals surface area contributed by atoms with E-state index in [1.807, 2.05) is 0 Å². The van der Waals surface area contributed by atoms with Crippen molar-refractivity contribution in [2.45, 2.75) is 20.3 Å². The predicted molar refractivity (Wildman–Crippen MR) is 55.5 cm³/mol. The molecule has 0 fully saturated rings. The Hall–Kier alpha value is -0.450. The van der Waals surface area contributed by atoms with Crippen LogP contribution in [0.15, 0.2) is 0 Å². The number of carbonyl (C=O) groups excluding carboxylic acids is 1. The van der Waals surface area contributed by atoms with E-state index in [1.54, 1.807) is 0 Å². The first-order chi connectivity index (χ1) is 6.77. The molecule has 0 amide bonds. The number of hydrogen-bond acceptors (Lipinski definition) is 4. The van der Waals surface area contributed by atoms with E-state index >= 15 is 0 Å². The highest BCUT2D eigenvalue weighted by molar-refractivity contribution is 5.76. The summed E-state index contributed by atoms with van der Waals surface area (Å²) in [7, 11) is 0. The van der Waals surface area contributed by atoms with Crippen molar-refractivity contribution in [2.24, 2.45) is 0 Å². The van der Waals surface area contributed by atoms with Crippen LogP contribution >= 0.6 is 0 Å². The molecule has 4 heteroatoms. The molecule has 0 aromatic rings. The standard InChI is InChI=1S/C10H21NO3/c1-3-4-11-5-6-13-7-8-14-9-10(2)12/h11H,3-9H2,1-2H3. The van der Waals surface area contributed by atoms with Crippen LogP contribution in [0.3, 0.4) is 0 Å². The molecule has 0 aromatic carbocycles. The van der Waals surface area contributed by atoms with E-state index in [0.29, 0.717) is 19.8 Å². The van der Waals surface area contributed by atoms with Gasteiger partial charge in [-0.05, 0) is 19.9 Å². The predicted octanol–water partition coefficient (Wildman–Crippen LogP) is 0.608. The minimum Gasteiger partial charge on any atom is -0.378 e. The van der Waals surface area contributed by atoms with Gasteiger partial charge in [0.1, 0.15) is 6.61 Å². The topological polar surface area (TPSA) is 47.6 Å². The third kappa shape index (κ3) is 11.6. The minimum atomic E-state index is 0.0506. The molecule has 0 aliphatic heterocycles. The van der Waals surface area contributed by atoms with Crippen molar-refractivity contribution >= 4 is 5.78 Å². The molecule has 0 heterocycles. The summed E-state index contributed by atoms with van der Waals surface area (Å²) >= 11 is 0. The summed E-state index contributed by atoms with van der Waals surface area (Å²) in [6, 6.07) is 0. The molecule has 0 radical (unpaired) electrons. The second kappa shape index (κ2) is 10.6. The van der Waals surface area contributed by atoms with Crippen molar-refractivity contribution in [1.82, 2.24) is 5.32 Å². The number of ether oxygens (including phenoxy) is 2. The Morgan fingerprint density at radius 3 is 2.50 bits per heavy atom. The quantitative estimate of drug-likeness (QED) is 0.528. The molecule has 0 rings (SSSR count). The van der Waals surface area contributed by atoms with Crippen LogP contribution in [0.1, 0.15) is 20.3 Å². The lowest BCUT2D eigenvalue weighted by atomic mass is 10.5. The molecule has 0 saturated heterocycles. The fourth-order valence-corrected chi connectivity index (χ4v) is 0.882. The van der Waals surface area contributed by atoms with Gasteiger partial charge in [-0.1, -0.05) is 6.92 Å². The summed E-state index contributed by atoms with van der Waals surface area (Å²) in [4.78, 5) is 10.5. The summed E-state index contributed by atoms with van der Waals surface area (Å²) in [5.74, 6) is 0.0506. The molecule has 1 N–H and O–H groups in total. The lowest BCUT2D eigenvalue weighted by Crippen LogP contribution is -2.21. The molecule has 84 valence electrons. The van der Waals surface area contributed by atoms with Crippen LogP contribution in [-0.4, -0.2) is 45.3 Å². The largest absolute Gasteiger partial charge is 0.378 e. The molecule has 0 saturated carbocycles. The third-order valence-electron chi connectivity index (χ3n) is 1.53. The van der Waals surface area contributed by atoms with Gasteiger partial charge in [0.15, 0.2) is 5.78 Å². The van der Waals surface area contributed by atoms with Crippen LogP contribution in [0.25, 0.3) is 0 Å². The number of Topliss-reactive ketones (excluding diaryl/α,β-unsaturated/α-hetero) is 1. The number of hydrogen-bond donors (Lipinski definition) is 1. The monoisotopic (exact) mass is 203 g/mol. The van der Waals surface area contributed by atoms with Crippen LogP contribution in [0.4, 0.5) is 0 Å². The number of ketones is 1. The van der Waals surface area contributed by atoms with Crippen LogP contribution in [-0.2, 0) is 14.3 Å². The zero-order valence-corrected chi connectivity index (χ0v) is 9.17.